The number of benzene rings is 2. The van der Waals surface area contributed by atoms with Crippen molar-refractivity contribution >= 4 is 23.1 Å². The fourth-order valence-corrected chi connectivity index (χ4v) is 5.07. The molecule has 0 aliphatic carbocycles. The number of hydrogen-bond acceptors (Lipinski definition) is 7. The highest BCUT2D eigenvalue weighted by Crippen LogP contribution is 2.25. The molecule has 4 aromatic rings. The molecule has 1 N–H and O–H groups in total. The number of piperidine rings is 1. The lowest BCUT2D eigenvalue weighted by Crippen LogP contribution is -2.42. The molecule has 0 radical (unpaired) electrons. The minimum atomic E-state index is -0.281. The van der Waals surface area contributed by atoms with Gasteiger partial charge in [0, 0.05) is 49.6 Å². The summed E-state index contributed by atoms with van der Waals surface area (Å²) in [5.41, 5.74) is 2.60. The van der Waals surface area contributed by atoms with Gasteiger partial charge in [-0.3, -0.25) is 9.36 Å². The number of nitrogens with zero attached hydrogens (tertiary/aromatic N) is 4. The van der Waals surface area contributed by atoms with Gasteiger partial charge in [0.2, 0.25) is 5.95 Å². The highest BCUT2D eigenvalue weighted by Gasteiger charge is 2.25. The summed E-state index contributed by atoms with van der Waals surface area (Å²) in [6.45, 7) is 9.76. The van der Waals surface area contributed by atoms with Gasteiger partial charge in [0.25, 0.3) is 5.56 Å². The number of fused-ring (bicyclic) bond motifs is 1. The molecule has 2 aromatic heterocycles. The maximum absolute atomic E-state index is 12.7. The second kappa shape index (κ2) is 13.1. The van der Waals surface area contributed by atoms with Crippen LogP contribution in [0.5, 0.6) is 5.75 Å². The van der Waals surface area contributed by atoms with Crippen molar-refractivity contribution in [1.29, 1.82) is 0 Å². The lowest BCUT2D eigenvalue weighted by molar-refractivity contribution is 0.0638. The summed E-state index contributed by atoms with van der Waals surface area (Å²) in [4.78, 5) is 36.1. The summed E-state index contributed by atoms with van der Waals surface area (Å²) < 4.78 is 13.4. The van der Waals surface area contributed by atoms with Crippen molar-refractivity contribution in [3.63, 3.8) is 0 Å². The van der Waals surface area contributed by atoms with Crippen LogP contribution in [0.1, 0.15) is 63.7 Å². The predicted molar refractivity (Wildman–Crippen MR) is 164 cm³/mol. The van der Waals surface area contributed by atoms with Crippen LogP contribution in [0.25, 0.3) is 11.0 Å². The summed E-state index contributed by atoms with van der Waals surface area (Å²) in [6, 6.07) is 21.0. The Labute approximate surface area is 246 Å². The van der Waals surface area contributed by atoms with Crippen LogP contribution in [0.4, 0.5) is 10.7 Å². The number of amides is 1. The Bertz CT molecular complexity index is 1550. The lowest BCUT2D eigenvalue weighted by atomic mass is 10.1. The maximum Gasteiger partial charge on any atom is 0.410 e. The number of aromatic nitrogens is 3. The van der Waals surface area contributed by atoms with Gasteiger partial charge in [-0.25, -0.2) is 9.78 Å². The Hall–Kier alpha value is -4.40. The van der Waals surface area contributed by atoms with Gasteiger partial charge in [0.05, 0.1) is 6.04 Å². The normalized spacial score (nSPS) is 15.4. The maximum atomic E-state index is 12.7. The minimum absolute atomic E-state index is 0.00890. The van der Waals surface area contributed by atoms with Crippen LogP contribution in [0.2, 0.25) is 0 Å². The molecule has 0 spiro atoms. The first-order valence-corrected chi connectivity index (χ1v) is 14.7. The van der Waals surface area contributed by atoms with Gasteiger partial charge in [-0.1, -0.05) is 56.3 Å². The molecule has 1 fully saturated rings. The summed E-state index contributed by atoms with van der Waals surface area (Å²) in [6.07, 6.45) is 3.02. The van der Waals surface area contributed by atoms with E-state index in [9.17, 15) is 9.59 Å². The van der Waals surface area contributed by atoms with E-state index >= 15 is 0 Å². The molecule has 220 valence electrons. The Morgan fingerprint density at radius 2 is 1.69 bits per heavy atom. The van der Waals surface area contributed by atoms with Crippen molar-refractivity contribution in [1.82, 2.24) is 19.4 Å². The van der Waals surface area contributed by atoms with E-state index in [-0.39, 0.29) is 42.4 Å². The van der Waals surface area contributed by atoms with E-state index in [1.165, 1.54) is 0 Å². The zero-order chi connectivity index (χ0) is 29.6. The first kappa shape index (κ1) is 29.1. The van der Waals surface area contributed by atoms with E-state index in [1.807, 2.05) is 68.4 Å². The fourth-order valence-electron chi connectivity index (χ4n) is 5.07. The van der Waals surface area contributed by atoms with Crippen LogP contribution in [0, 0.1) is 5.92 Å². The number of rotatable bonds is 9. The van der Waals surface area contributed by atoms with Gasteiger partial charge in [0.15, 0.2) is 0 Å². The number of carbonyl (C=O) groups is 1. The van der Waals surface area contributed by atoms with Crippen LogP contribution < -0.4 is 15.6 Å². The summed E-state index contributed by atoms with van der Waals surface area (Å²) in [7, 11) is 0. The Morgan fingerprint density at radius 3 is 2.38 bits per heavy atom. The van der Waals surface area contributed by atoms with Gasteiger partial charge in [-0.15, -0.1) is 0 Å². The highest BCUT2D eigenvalue weighted by molar-refractivity contribution is 5.75. The number of nitrogens with one attached hydrogen (secondary N) is 1. The molecule has 1 aliphatic rings. The quantitative estimate of drug-likeness (QED) is 0.250. The molecule has 2 atom stereocenters. The first-order chi connectivity index (χ1) is 20.3. The lowest BCUT2D eigenvalue weighted by Gasteiger charge is -2.31. The Morgan fingerprint density at radius 1 is 0.976 bits per heavy atom. The zero-order valence-electron chi connectivity index (χ0n) is 24.7. The monoisotopic (exact) mass is 569 g/mol. The molecule has 0 saturated carbocycles. The second-order valence-electron chi connectivity index (χ2n) is 11.3. The van der Waals surface area contributed by atoms with E-state index < -0.39 is 0 Å². The number of likely N-dealkylation sites (tertiary alicyclic amines) is 1. The summed E-state index contributed by atoms with van der Waals surface area (Å²) >= 11 is 0. The van der Waals surface area contributed by atoms with Crippen molar-refractivity contribution in [3.05, 3.63) is 94.4 Å². The fraction of sp³-hybridized carbons (Fsp3) is 0.394. The van der Waals surface area contributed by atoms with Crippen LogP contribution in [-0.2, 0) is 11.3 Å². The Balaban J connectivity index is 1.15. The number of hydrogen-bond donors (Lipinski definition) is 1. The SMILES string of the molecule is CC(Nc1ncc2ccc(=O)n(C(C)C(C)C)c2n1)c1ccc(OC2CCN(C(=O)OCc3ccccc3)CC2)cc1. The third-order valence-corrected chi connectivity index (χ3v) is 7.97. The topological polar surface area (TPSA) is 98.6 Å². The van der Waals surface area contributed by atoms with E-state index in [0.29, 0.717) is 24.7 Å². The van der Waals surface area contributed by atoms with Gasteiger partial charge in [-0.2, -0.15) is 4.98 Å². The summed E-state index contributed by atoms with van der Waals surface area (Å²) in [5.74, 6) is 1.55. The average molecular weight is 570 g/mol. The third-order valence-electron chi connectivity index (χ3n) is 7.97. The number of ether oxygens (including phenoxy) is 2. The number of pyridine rings is 1. The molecule has 42 heavy (non-hydrogen) atoms. The predicted octanol–water partition coefficient (Wildman–Crippen LogP) is 6.36. The van der Waals surface area contributed by atoms with Gasteiger partial charge in [0.1, 0.15) is 24.1 Å². The van der Waals surface area contributed by atoms with Crippen molar-refractivity contribution in [3.8, 4) is 5.75 Å². The van der Waals surface area contributed by atoms with Crippen molar-refractivity contribution in [2.24, 2.45) is 5.92 Å². The van der Waals surface area contributed by atoms with E-state index in [1.54, 1.807) is 27.8 Å². The van der Waals surface area contributed by atoms with Gasteiger partial charge >= 0.3 is 6.09 Å². The van der Waals surface area contributed by atoms with Crippen LogP contribution >= 0.6 is 0 Å². The first-order valence-electron chi connectivity index (χ1n) is 14.7. The van der Waals surface area contributed by atoms with Crippen LogP contribution in [-0.4, -0.2) is 44.7 Å². The average Bonchev–Trinajstić information content (AvgIpc) is 3.00. The molecule has 5 rings (SSSR count). The number of anilines is 1. The smallest absolute Gasteiger partial charge is 0.410 e. The van der Waals surface area contributed by atoms with Crippen molar-refractivity contribution < 1.29 is 14.3 Å². The van der Waals surface area contributed by atoms with Crippen molar-refractivity contribution in [2.75, 3.05) is 18.4 Å². The van der Waals surface area contributed by atoms with Crippen LogP contribution in [0.3, 0.4) is 0 Å². The highest BCUT2D eigenvalue weighted by atomic mass is 16.6. The molecule has 2 unspecified atom stereocenters. The Kier molecular flexibility index (Phi) is 9.05. The van der Waals surface area contributed by atoms with Gasteiger partial charge in [-0.05, 0) is 49.1 Å². The van der Waals surface area contributed by atoms with Crippen LogP contribution in [0.15, 0.2) is 77.7 Å². The molecule has 3 heterocycles. The summed E-state index contributed by atoms with van der Waals surface area (Å²) in [5, 5.41) is 4.20. The van der Waals surface area contributed by atoms with E-state index in [0.717, 1.165) is 35.1 Å². The number of carbonyl (C=O) groups excluding carboxylic acids is 1. The molecular weight excluding hydrogens is 530 g/mol. The van der Waals surface area contributed by atoms with Crippen molar-refractivity contribution in [2.45, 2.75) is 65.3 Å². The second-order valence-corrected chi connectivity index (χ2v) is 11.3. The standard InChI is InChI=1S/C33H39N5O4/c1-22(2)24(4)38-30(39)15-12-27-20-34-32(36-31(27)38)35-23(3)26-10-13-28(14-11-26)42-29-16-18-37(19-17-29)33(40)41-21-25-8-6-5-7-9-25/h5-15,20,22-24,29H,16-19,21H2,1-4H3,(H,34,35,36). The molecular formula is C33H39N5O4. The molecule has 1 saturated heterocycles. The molecule has 9 nitrogen and oxygen atoms in total. The molecule has 9 heteroatoms. The third kappa shape index (κ3) is 6.90. The van der Waals surface area contributed by atoms with E-state index in [2.05, 4.69) is 24.1 Å². The van der Waals surface area contributed by atoms with E-state index in [4.69, 9.17) is 14.5 Å². The molecule has 0 bridgehead atoms. The molecule has 1 aliphatic heterocycles. The largest absolute Gasteiger partial charge is 0.490 e. The van der Waals surface area contributed by atoms with Gasteiger partial charge < -0.3 is 19.7 Å². The molecule has 1 amide bonds. The minimum Gasteiger partial charge on any atom is -0.490 e. The zero-order valence-corrected chi connectivity index (χ0v) is 24.7. The molecule has 2 aromatic carbocycles.